The van der Waals surface area contributed by atoms with Gasteiger partial charge in [0, 0.05) is 18.1 Å². The molecule has 1 aromatic heterocycles. The Morgan fingerprint density at radius 1 is 1.46 bits per heavy atom. The molecule has 0 atom stereocenters. The second-order valence-corrected chi connectivity index (χ2v) is 3.02. The van der Waals surface area contributed by atoms with Crippen molar-refractivity contribution in [3.8, 4) is 0 Å². The van der Waals surface area contributed by atoms with Crippen molar-refractivity contribution >= 4 is 16.6 Å². The van der Waals surface area contributed by atoms with Gasteiger partial charge in [-0.15, -0.1) is 0 Å². The molecule has 2 aromatic rings. The van der Waals surface area contributed by atoms with Crippen LogP contribution in [0.3, 0.4) is 0 Å². The molecule has 0 saturated carbocycles. The lowest BCUT2D eigenvalue weighted by Crippen LogP contribution is -1.91. The van der Waals surface area contributed by atoms with E-state index in [-0.39, 0.29) is 0 Å². The molecular formula is C10H9N3. The molecule has 0 amide bonds. The topological polar surface area (TPSA) is 22.2 Å². The Labute approximate surface area is 76.4 Å². The zero-order valence-electron chi connectivity index (χ0n) is 7.57. The molecule has 0 spiro atoms. The van der Waals surface area contributed by atoms with E-state index in [4.69, 9.17) is 6.57 Å². The first-order valence-electron chi connectivity index (χ1n) is 4.03. The summed E-state index contributed by atoms with van der Waals surface area (Å²) in [6, 6.07) is 5.59. The largest absolute Gasteiger partial charge is 0.272 e. The molecule has 0 N–H and O–H groups in total. The maximum absolute atomic E-state index is 6.87. The van der Waals surface area contributed by atoms with Crippen LogP contribution in [0.2, 0.25) is 0 Å². The molecule has 3 nitrogen and oxygen atoms in total. The van der Waals surface area contributed by atoms with Gasteiger partial charge in [0.25, 0.3) is 0 Å². The first-order valence-corrected chi connectivity index (χ1v) is 4.03. The fourth-order valence-corrected chi connectivity index (χ4v) is 1.39. The average Bonchev–Trinajstić information content (AvgIpc) is 2.42. The number of nitrogens with zero attached hydrogens (tertiary/aromatic N) is 3. The van der Waals surface area contributed by atoms with E-state index in [1.165, 1.54) is 0 Å². The highest BCUT2D eigenvalue weighted by atomic mass is 15.3. The summed E-state index contributed by atoms with van der Waals surface area (Å²) >= 11 is 0. The standard InChI is InChI=1S/C10H9N3/c1-7-9-5-4-8(11-2)6-10(9)12-13(7)3/h4-6H,1,3H3. The molecule has 0 saturated heterocycles. The van der Waals surface area contributed by atoms with Crippen LogP contribution in [0.15, 0.2) is 18.2 Å². The van der Waals surface area contributed by atoms with E-state index in [2.05, 4.69) is 9.94 Å². The Morgan fingerprint density at radius 2 is 2.23 bits per heavy atom. The zero-order chi connectivity index (χ0) is 9.42. The predicted molar refractivity (Wildman–Crippen MR) is 51.7 cm³/mol. The summed E-state index contributed by atoms with van der Waals surface area (Å²) in [5, 5.41) is 5.41. The van der Waals surface area contributed by atoms with Crippen molar-refractivity contribution in [2.24, 2.45) is 7.05 Å². The van der Waals surface area contributed by atoms with Gasteiger partial charge in [0.1, 0.15) is 0 Å². The van der Waals surface area contributed by atoms with Crippen LogP contribution in [0.4, 0.5) is 5.69 Å². The molecule has 0 bridgehead atoms. The minimum absolute atomic E-state index is 0.644. The third-order valence-electron chi connectivity index (χ3n) is 2.24. The lowest BCUT2D eigenvalue weighted by molar-refractivity contribution is 0.751. The van der Waals surface area contributed by atoms with Crippen molar-refractivity contribution in [3.05, 3.63) is 35.3 Å². The smallest absolute Gasteiger partial charge is 0.189 e. The van der Waals surface area contributed by atoms with Gasteiger partial charge in [-0.2, -0.15) is 5.10 Å². The van der Waals surface area contributed by atoms with Gasteiger partial charge in [0.15, 0.2) is 5.69 Å². The third-order valence-corrected chi connectivity index (χ3v) is 2.24. The Balaban J connectivity index is 2.82. The van der Waals surface area contributed by atoms with Crippen molar-refractivity contribution in [1.29, 1.82) is 0 Å². The summed E-state index contributed by atoms with van der Waals surface area (Å²) in [7, 11) is 1.91. The molecule has 1 heterocycles. The van der Waals surface area contributed by atoms with E-state index in [0.717, 1.165) is 16.6 Å². The summed E-state index contributed by atoms with van der Waals surface area (Å²) < 4.78 is 1.83. The van der Waals surface area contributed by atoms with Gasteiger partial charge in [0.05, 0.1) is 12.1 Å². The van der Waals surface area contributed by atoms with Crippen LogP contribution < -0.4 is 0 Å². The second kappa shape index (κ2) is 2.60. The normalized spacial score (nSPS) is 10.2. The third kappa shape index (κ3) is 1.07. The minimum Gasteiger partial charge on any atom is -0.272 e. The van der Waals surface area contributed by atoms with E-state index in [0.29, 0.717) is 5.69 Å². The summed E-state index contributed by atoms with van der Waals surface area (Å²) in [6.07, 6.45) is 0. The van der Waals surface area contributed by atoms with E-state index in [1.807, 2.05) is 36.9 Å². The van der Waals surface area contributed by atoms with E-state index in [9.17, 15) is 0 Å². The Morgan fingerprint density at radius 3 is 2.92 bits per heavy atom. The van der Waals surface area contributed by atoms with Crippen LogP contribution in [0.25, 0.3) is 15.7 Å². The Bertz CT molecular complexity index is 503. The molecule has 3 heteroatoms. The van der Waals surface area contributed by atoms with Crippen molar-refractivity contribution in [2.45, 2.75) is 6.92 Å². The van der Waals surface area contributed by atoms with Crippen LogP contribution in [0.5, 0.6) is 0 Å². The van der Waals surface area contributed by atoms with Crippen LogP contribution in [0, 0.1) is 13.5 Å². The SMILES string of the molecule is [C-]#[N+]c1ccc2c(C)n(C)nc2c1. The number of fused-ring (bicyclic) bond motifs is 1. The molecule has 0 aliphatic rings. The van der Waals surface area contributed by atoms with Gasteiger partial charge in [-0.1, -0.05) is 12.1 Å². The minimum atomic E-state index is 0.644. The number of hydrogen-bond donors (Lipinski definition) is 0. The van der Waals surface area contributed by atoms with Gasteiger partial charge in [-0.05, 0) is 13.0 Å². The molecule has 13 heavy (non-hydrogen) atoms. The Hall–Kier alpha value is -1.82. The monoisotopic (exact) mass is 171 g/mol. The van der Waals surface area contributed by atoms with Crippen molar-refractivity contribution in [2.75, 3.05) is 0 Å². The van der Waals surface area contributed by atoms with Crippen LogP contribution in [-0.4, -0.2) is 9.78 Å². The van der Waals surface area contributed by atoms with Crippen molar-refractivity contribution in [1.82, 2.24) is 9.78 Å². The Kier molecular flexibility index (Phi) is 1.56. The fraction of sp³-hybridized carbons (Fsp3) is 0.200. The van der Waals surface area contributed by atoms with E-state index in [1.54, 1.807) is 0 Å². The predicted octanol–water partition coefficient (Wildman–Crippen LogP) is 2.43. The average molecular weight is 171 g/mol. The maximum Gasteiger partial charge on any atom is 0.189 e. The fourth-order valence-electron chi connectivity index (χ4n) is 1.39. The van der Waals surface area contributed by atoms with Crippen LogP contribution in [-0.2, 0) is 7.05 Å². The highest BCUT2D eigenvalue weighted by Crippen LogP contribution is 2.22. The van der Waals surface area contributed by atoms with Gasteiger partial charge >= 0.3 is 0 Å². The van der Waals surface area contributed by atoms with E-state index >= 15 is 0 Å². The summed E-state index contributed by atoms with van der Waals surface area (Å²) in [5.74, 6) is 0. The molecular weight excluding hydrogens is 162 g/mol. The molecule has 0 unspecified atom stereocenters. The lowest BCUT2D eigenvalue weighted by atomic mass is 10.2. The summed E-state index contributed by atoms with van der Waals surface area (Å²) in [6.45, 7) is 8.89. The highest BCUT2D eigenvalue weighted by Gasteiger charge is 2.04. The van der Waals surface area contributed by atoms with Crippen LogP contribution in [0.1, 0.15) is 5.69 Å². The van der Waals surface area contributed by atoms with Gasteiger partial charge in [0.2, 0.25) is 0 Å². The molecule has 64 valence electrons. The zero-order valence-corrected chi connectivity index (χ0v) is 7.57. The van der Waals surface area contributed by atoms with Gasteiger partial charge in [-0.25, -0.2) is 4.85 Å². The lowest BCUT2D eigenvalue weighted by Gasteiger charge is -1.91. The van der Waals surface area contributed by atoms with Crippen LogP contribution >= 0.6 is 0 Å². The van der Waals surface area contributed by atoms with Gasteiger partial charge in [-0.3, -0.25) is 4.68 Å². The summed E-state index contributed by atoms with van der Waals surface area (Å²) in [4.78, 5) is 3.36. The molecule has 0 aliphatic carbocycles. The van der Waals surface area contributed by atoms with Crippen molar-refractivity contribution in [3.63, 3.8) is 0 Å². The quantitative estimate of drug-likeness (QED) is 0.558. The second-order valence-electron chi connectivity index (χ2n) is 3.02. The number of rotatable bonds is 0. The van der Waals surface area contributed by atoms with E-state index < -0.39 is 0 Å². The summed E-state index contributed by atoms with van der Waals surface area (Å²) in [5.41, 5.74) is 2.67. The molecule has 0 aliphatic heterocycles. The molecule has 2 rings (SSSR count). The molecule has 0 radical (unpaired) electrons. The molecule has 0 fully saturated rings. The first-order chi connectivity index (χ1) is 6.22. The highest BCUT2D eigenvalue weighted by molar-refractivity contribution is 5.84. The molecule has 1 aromatic carbocycles. The maximum atomic E-state index is 6.87. The number of benzene rings is 1. The van der Waals surface area contributed by atoms with Gasteiger partial charge < -0.3 is 0 Å². The number of hydrogen-bond acceptors (Lipinski definition) is 1. The van der Waals surface area contributed by atoms with Crippen molar-refractivity contribution < 1.29 is 0 Å². The number of aromatic nitrogens is 2. The first kappa shape index (κ1) is 7.81. The number of aryl methyl sites for hydroxylation is 2.